The molecule has 1 aromatic carbocycles. The number of aryl methyl sites for hydroxylation is 3. The van der Waals surface area contributed by atoms with Crippen LogP contribution in [0, 0.1) is 26.7 Å². The van der Waals surface area contributed by atoms with Gasteiger partial charge in [-0.3, -0.25) is 9.20 Å². The normalized spacial score (nSPS) is 18.8. The van der Waals surface area contributed by atoms with Gasteiger partial charge in [-0.25, -0.2) is 13.4 Å². The summed E-state index contributed by atoms with van der Waals surface area (Å²) in [6, 6.07) is 8.36. The van der Waals surface area contributed by atoms with Gasteiger partial charge in [-0.05, 0) is 79.1 Å². The second kappa shape index (κ2) is 10.3. The van der Waals surface area contributed by atoms with Crippen LogP contribution < -0.4 is 4.74 Å². The predicted octanol–water partition coefficient (Wildman–Crippen LogP) is 5.04. The highest BCUT2D eigenvalue weighted by Gasteiger charge is 2.52. The molecule has 4 aromatic rings. The van der Waals surface area contributed by atoms with E-state index in [0.717, 1.165) is 9.96 Å². The third-order valence-corrected chi connectivity index (χ3v) is 10.4. The van der Waals surface area contributed by atoms with E-state index in [1.807, 2.05) is 6.92 Å². The smallest absolute Gasteiger partial charge is 0.452 e. The average Bonchev–Trinajstić information content (AvgIpc) is 3.56. The van der Waals surface area contributed by atoms with Gasteiger partial charge in [-0.2, -0.15) is 17.5 Å². The van der Waals surface area contributed by atoms with Gasteiger partial charge < -0.3 is 9.84 Å². The SMILES string of the molecule is Cc1cnc2c(c1)S(=O)(=O)N(Cc1cc([C@H](c3ccn4c(C(F)(F)F)nnc4c3C)[C@H](C)C(=O)O)ccc1C)CC1(CC1)O2. The molecular formula is C30H30F3N5O5S. The molecule has 1 aliphatic carbocycles. The molecule has 0 saturated heterocycles. The van der Waals surface area contributed by atoms with E-state index in [2.05, 4.69) is 15.2 Å². The molecule has 0 amide bonds. The van der Waals surface area contributed by atoms with Crippen molar-refractivity contribution in [1.29, 1.82) is 0 Å². The Balaban J connectivity index is 1.43. The van der Waals surface area contributed by atoms with Crippen molar-refractivity contribution in [3.8, 4) is 5.88 Å². The molecule has 3 aromatic heterocycles. The van der Waals surface area contributed by atoms with E-state index in [1.54, 1.807) is 44.3 Å². The van der Waals surface area contributed by atoms with Crippen LogP contribution in [0.2, 0.25) is 0 Å². The van der Waals surface area contributed by atoms with Crippen molar-refractivity contribution in [3.05, 3.63) is 81.9 Å². The lowest BCUT2D eigenvalue weighted by molar-refractivity contribution is -0.145. The van der Waals surface area contributed by atoms with Crippen LogP contribution in [0.5, 0.6) is 5.88 Å². The lowest BCUT2D eigenvalue weighted by atomic mass is 9.79. The van der Waals surface area contributed by atoms with Crippen molar-refractivity contribution in [2.45, 2.75) is 69.7 Å². The van der Waals surface area contributed by atoms with Crippen LogP contribution in [0.25, 0.3) is 5.65 Å². The third kappa shape index (κ3) is 5.09. The standard InChI is InChI=1S/C30H30F3N5O5S/c1-16-11-23-26(34-13-16)43-29(8-9-29)15-37(44(23,41)42)14-21-12-20(6-5-17(21)2)24(19(4)27(39)40)22-7-10-38-25(18(22)3)35-36-28(38)30(31,32)33/h5-7,10-13,19,24H,8-9,14-15H2,1-4H3,(H,39,40)/t19-,24+/m0/s1. The maximum absolute atomic E-state index is 13.9. The monoisotopic (exact) mass is 629 g/mol. The van der Waals surface area contributed by atoms with Crippen molar-refractivity contribution < 1.29 is 36.2 Å². The largest absolute Gasteiger partial charge is 0.481 e. The lowest BCUT2D eigenvalue weighted by Gasteiger charge is -2.27. The molecule has 0 unspecified atom stereocenters. The zero-order valence-corrected chi connectivity index (χ0v) is 25.2. The fraction of sp³-hybridized carbons (Fsp3) is 0.400. The second-order valence-electron chi connectivity index (χ2n) is 11.8. The number of carboxylic acid groups (broad SMARTS) is 1. The summed E-state index contributed by atoms with van der Waals surface area (Å²) in [6.07, 6.45) is -0.582. The quantitative estimate of drug-likeness (QED) is 0.315. The van der Waals surface area contributed by atoms with Crippen LogP contribution in [0.3, 0.4) is 0 Å². The van der Waals surface area contributed by atoms with Crippen molar-refractivity contribution in [2.75, 3.05) is 6.54 Å². The number of benzene rings is 1. The van der Waals surface area contributed by atoms with Crippen LogP contribution in [0.15, 0.2) is 47.6 Å². The first-order chi connectivity index (χ1) is 20.6. The maximum atomic E-state index is 13.9. The number of carboxylic acids is 1. The van der Waals surface area contributed by atoms with Gasteiger partial charge in [0, 0.05) is 24.9 Å². The van der Waals surface area contributed by atoms with Crippen LogP contribution in [-0.2, 0) is 27.5 Å². The summed E-state index contributed by atoms with van der Waals surface area (Å²) in [6.45, 7) is 6.85. The molecule has 232 valence electrons. The van der Waals surface area contributed by atoms with E-state index < -0.39 is 45.4 Å². The van der Waals surface area contributed by atoms with E-state index in [4.69, 9.17) is 4.74 Å². The van der Waals surface area contributed by atoms with Crippen molar-refractivity contribution >= 4 is 21.6 Å². The van der Waals surface area contributed by atoms with Crippen molar-refractivity contribution in [3.63, 3.8) is 0 Å². The first kappa shape index (κ1) is 30.0. The van der Waals surface area contributed by atoms with E-state index in [0.29, 0.717) is 40.7 Å². The highest BCUT2D eigenvalue weighted by Crippen LogP contribution is 2.46. The van der Waals surface area contributed by atoms with Crippen molar-refractivity contribution in [1.82, 2.24) is 23.9 Å². The molecule has 2 atom stereocenters. The number of aromatic nitrogens is 4. The molecule has 1 spiro atoms. The number of aliphatic carboxylic acids is 1. The number of hydrogen-bond donors (Lipinski definition) is 1. The van der Waals surface area contributed by atoms with Gasteiger partial charge in [0.25, 0.3) is 0 Å². The van der Waals surface area contributed by atoms with Crippen LogP contribution >= 0.6 is 0 Å². The minimum absolute atomic E-state index is 0.00270. The van der Waals surface area contributed by atoms with Gasteiger partial charge in [-0.1, -0.05) is 25.1 Å². The predicted molar refractivity (Wildman–Crippen MR) is 152 cm³/mol. The number of halogens is 3. The minimum Gasteiger partial charge on any atom is -0.481 e. The van der Waals surface area contributed by atoms with Gasteiger partial charge in [-0.15, -0.1) is 10.2 Å². The van der Waals surface area contributed by atoms with Crippen LogP contribution in [0.4, 0.5) is 13.2 Å². The van der Waals surface area contributed by atoms with E-state index in [9.17, 15) is 31.5 Å². The maximum Gasteiger partial charge on any atom is 0.452 e. The molecule has 6 rings (SSSR count). The highest BCUT2D eigenvalue weighted by atomic mass is 32.2. The third-order valence-electron chi connectivity index (χ3n) is 8.58. The van der Waals surface area contributed by atoms with E-state index >= 15 is 0 Å². The highest BCUT2D eigenvalue weighted by molar-refractivity contribution is 7.89. The Hall–Kier alpha value is -4.04. The fourth-order valence-electron chi connectivity index (χ4n) is 5.87. The Labute approximate surface area is 251 Å². The van der Waals surface area contributed by atoms with E-state index in [-0.39, 0.29) is 29.5 Å². The molecule has 2 aliphatic rings. The van der Waals surface area contributed by atoms with Crippen molar-refractivity contribution in [2.24, 2.45) is 5.92 Å². The summed E-state index contributed by atoms with van der Waals surface area (Å²) in [5.41, 5.74) is 2.85. The Kier molecular flexibility index (Phi) is 7.00. The second-order valence-corrected chi connectivity index (χ2v) is 13.7. The first-order valence-corrected chi connectivity index (χ1v) is 15.4. The summed E-state index contributed by atoms with van der Waals surface area (Å²) in [5, 5.41) is 17.1. The summed E-state index contributed by atoms with van der Waals surface area (Å²) in [4.78, 5) is 16.6. The number of sulfonamides is 1. The topological polar surface area (TPSA) is 127 Å². The van der Waals surface area contributed by atoms with E-state index in [1.165, 1.54) is 23.5 Å². The molecule has 1 N–H and O–H groups in total. The molecule has 4 heterocycles. The van der Waals surface area contributed by atoms with Crippen LogP contribution in [-0.4, -0.2) is 55.5 Å². The van der Waals surface area contributed by atoms with Gasteiger partial charge in [0.2, 0.25) is 21.7 Å². The Morgan fingerprint density at radius 1 is 1.14 bits per heavy atom. The Morgan fingerprint density at radius 3 is 2.52 bits per heavy atom. The molecule has 1 aliphatic heterocycles. The number of hydrogen-bond acceptors (Lipinski definition) is 7. The number of rotatable bonds is 6. The summed E-state index contributed by atoms with van der Waals surface area (Å²) >= 11 is 0. The molecule has 44 heavy (non-hydrogen) atoms. The number of pyridine rings is 2. The zero-order chi connectivity index (χ0) is 31.8. The molecule has 1 fully saturated rings. The average molecular weight is 630 g/mol. The Morgan fingerprint density at radius 2 is 1.86 bits per heavy atom. The summed E-state index contributed by atoms with van der Waals surface area (Å²) in [7, 11) is -4.00. The molecule has 0 radical (unpaired) electrons. The number of fused-ring (bicyclic) bond motifs is 2. The molecule has 14 heteroatoms. The number of carbonyl (C=O) groups is 1. The Bertz CT molecular complexity index is 1920. The van der Waals surface area contributed by atoms with Gasteiger partial charge in [0.15, 0.2) is 5.65 Å². The summed E-state index contributed by atoms with van der Waals surface area (Å²) < 4.78 is 76.7. The lowest BCUT2D eigenvalue weighted by Crippen LogP contribution is -2.38. The number of alkyl halides is 3. The number of ether oxygens (including phenoxy) is 1. The van der Waals surface area contributed by atoms with Gasteiger partial charge >= 0.3 is 12.1 Å². The van der Waals surface area contributed by atoms with Gasteiger partial charge in [0.05, 0.1) is 12.5 Å². The molecule has 0 bridgehead atoms. The zero-order valence-electron chi connectivity index (χ0n) is 24.4. The fourth-order valence-corrected chi connectivity index (χ4v) is 7.51. The first-order valence-electron chi connectivity index (χ1n) is 14.0. The molecular weight excluding hydrogens is 599 g/mol. The number of nitrogens with zero attached hydrogens (tertiary/aromatic N) is 5. The molecule has 10 nitrogen and oxygen atoms in total. The minimum atomic E-state index is -4.72. The molecule has 1 saturated carbocycles. The summed E-state index contributed by atoms with van der Waals surface area (Å²) in [5.74, 6) is -3.96. The van der Waals surface area contributed by atoms with Gasteiger partial charge in [0.1, 0.15) is 10.5 Å². The van der Waals surface area contributed by atoms with Crippen LogP contribution in [0.1, 0.15) is 64.9 Å².